The number of methoxy groups -OCH3 is 2. The molecular weight excluding hydrogens is 382 g/mol. The highest BCUT2D eigenvalue weighted by Crippen LogP contribution is 2.39. The summed E-state index contributed by atoms with van der Waals surface area (Å²) in [6.45, 7) is 3.66. The molecule has 7 nitrogen and oxygen atoms in total. The fourth-order valence-electron chi connectivity index (χ4n) is 3.85. The molecule has 0 spiro atoms. The molecule has 1 aliphatic rings. The minimum atomic E-state index is -0.376. The maximum atomic E-state index is 13.1. The van der Waals surface area contributed by atoms with E-state index in [-0.39, 0.29) is 23.8 Å². The SMILES string of the molecule is CCNC(=O)N1CC(C(=O)NCc2ccccc2)C(c2ccc(OC)cc2OC)C1. The Morgan fingerprint density at radius 1 is 1.03 bits per heavy atom. The maximum Gasteiger partial charge on any atom is 0.317 e. The Morgan fingerprint density at radius 2 is 1.80 bits per heavy atom. The Labute approximate surface area is 177 Å². The van der Waals surface area contributed by atoms with Gasteiger partial charge in [0.1, 0.15) is 11.5 Å². The molecule has 160 valence electrons. The minimum absolute atomic E-state index is 0.0754. The lowest BCUT2D eigenvalue weighted by Crippen LogP contribution is -2.39. The van der Waals surface area contributed by atoms with Gasteiger partial charge in [0, 0.05) is 43.7 Å². The summed E-state index contributed by atoms with van der Waals surface area (Å²) in [6.07, 6.45) is 0. The van der Waals surface area contributed by atoms with Gasteiger partial charge in [0.15, 0.2) is 0 Å². The first-order chi connectivity index (χ1) is 14.6. The summed E-state index contributed by atoms with van der Waals surface area (Å²) in [5.74, 6) is 0.702. The van der Waals surface area contributed by atoms with E-state index in [0.717, 1.165) is 11.1 Å². The highest BCUT2D eigenvalue weighted by molar-refractivity contribution is 5.83. The zero-order valence-electron chi connectivity index (χ0n) is 17.7. The number of carbonyl (C=O) groups excluding carboxylic acids is 2. The van der Waals surface area contributed by atoms with Crippen molar-refractivity contribution in [2.75, 3.05) is 33.9 Å². The molecule has 1 aliphatic heterocycles. The van der Waals surface area contributed by atoms with Crippen LogP contribution in [0.25, 0.3) is 0 Å². The molecule has 2 N–H and O–H groups in total. The van der Waals surface area contributed by atoms with Gasteiger partial charge in [-0.3, -0.25) is 4.79 Å². The summed E-state index contributed by atoms with van der Waals surface area (Å²) in [7, 11) is 3.19. The Bertz CT molecular complexity index is 872. The van der Waals surface area contributed by atoms with Crippen molar-refractivity contribution in [2.24, 2.45) is 5.92 Å². The summed E-state index contributed by atoms with van der Waals surface area (Å²) in [5.41, 5.74) is 1.92. The summed E-state index contributed by atoms with van der Waals surface area (Å²) in [4.78, 5) is 27.3. The van der Waals surface area contributed by atoms with Gasteiger partial charge < -0.3 is 25.0 Å². The highest BCUT2D eigenvalue weighted by Gasteiger charge is 2.41. The van der Waals surface area contributed by atoms with Crippen LogP contribution >= 0.6 is 0 Å². The normalized spacial score (nSPS) is 18.0. The van der Waals surface area contributed by atoms with Gasteiger partial charge in [0.05, 0.1) is 20.1 Å². The summed E-state index contributed by atoms with van der Waals surface area (Å²) in [6, 6.07) is 15.2. The quantitative estimate of drug-likeness (QED) is 0.734. The Morgan fingerprint density at radius 3 is 2.47 bits per heavy atom. The molecule has 7 heteroatoms. The molecule has 2 aromatic carbocycles. The minimum Gasteiger partial charge on any atom is -0.497 e. The molecule has 2 atom stereocenters. The van der Waals surface area contributed by atoms with Crippen molar-refractivity contribution in [3.05, 3.63) is 59.7 Å². The maximum absolute atomic E-state index is 13.1. The van der Waals surface area contributed by atoms with E-state index >= 15 is 0 Å². The first-order valence-corrected chi connectivity index (χ1v) is 10.1. The molecule has 3 amide bonds. The van der Waals surface area contributed by atoms with Gasteiger partial charge in [0.2, 0.25) is 5.91 Å². The molecule has 0 aromatic heterocycles. The van der Waals surface area contributed by atoms with E-state index in [2.05, 4.69) is 10.6 Å². The van der Waals surface area contributed by atoms with Crippen LogP contribution in [0.15, 0.2) is 48.5 Å². The number of amides is 3. The number of carbonyl (C=O) groups is 2. The van der Waals surface area contributed by atoms with Crippen molar-refractivity contribution >= 4 is 11.9 Å². The average molecular weight is 412 g/mol. The van der Waals surface area contributed by atoms with Crippen LogP contribution in [-0.2, 0) is 11.3 Å². The molecular formula is C23H29N3O4. The van der Waals surface area contributed by atoms with Crippen LogP contribution in [0.2, 0.25) is 0 Å². The van der Waals surface area contributed by atoms with Gasteiger partial charge in [-0.05, 0) is 18.6 Å². The topological polar surface area (TPSA) is 79.9 Å². The van der Waals surface area contributed by atoms with Crippen LogP contribution < -0.4 is 20.1 Å². The van der Waals surface area contributed by atoms with Gasteiger partial charge >= 0.3 is 6.03 Å². The van der Waals surface area contributed by atoms with E-state index in [1.165, 1.54) is 0 Å². The third-order valence-corrected chi connectivity index (χ3v) is 5.42. The standard InChI is InChI=1S/C23H29N3O4/c1-4-24-23(28)26-14-19(18-11-10-17(29-2)12-21(18)30-3)20(15-26)22(27)25-13-16-8-6-5-7-9-16/h5-12,19-20H,4,13-15H2,1-3H3,(H,24,28)(H,25,27). The number of benzene rings is 2. The molecule has 0 saturated carbocycles. The highest BCUT2D eigenvalue weighted by atomic mass is 16.5. The number of likely N-dealkylation sites (tertiary alicyclic amines) is 1. The average Bonchev–Trinajstić information content (AvgIpc) is 3.23. The molecule has 0 aliphatic carbocycles. The monoisotopic (exact) mass is 411 g/mol. The number of nitrogens with one attached hydrogen (secondary N) is 2. The van der Waals surface area contributed by atoms with E-state index in [1.54, 1.807) is 19.1 Å². The Hall–Kier alpha value is -3.22. The van der Waals surface area contributed by atoms with Gasteiger partial charge in [-0.15, -0.1) is 0 Å². The zero-order chi connectivity index (χ0) is 21.5. The number of hydrogen-bond donors (Lipinski definition) is 2. The molecule has 1 fully saturated rings. The van der Waals surface area contributed by atoms with Crippen molar-refractivity contribution in [2.45, 2.75) is 19.4 Å². The second-order valence-corrected chi connectivity index (χ2v) is 7.26. The molecule has 1 saturated heterocycles. The second-order valence-electron chi connectivity index (χ2n) is 7.26. The summed E-state index contributed by atoms with van der Waals surface area (Å²) < 4.78 is 10.9. The summed E-state index contributed by atoms with van der Waals surface area (Å²) >= 11 is 0. The molecule has 30 heavy (non-hydrogen) atoms. The largest absolute Gasteiger partial charge is 0.497 e. The second kappa shape index (κ2) is 10.0. The van der Waals surface area contributed by atoms with Crippen LogP contribution in [-0.4, -0.2) is 50.7 Å². The Balaban J connectivity index is 1.83. The fraction of sp³-hybridized carbons (Fsp3) is 0.391. The lowest BCUT2D eigenvalue weighted by atomic mass is 9.87. The number of ether oxygens (including phenoxy) is 2. The number of nitrogens with zero attached hydrogens (tertiary/aromatic N) is 1. The third kappa shape index (κ3) is 4.84. The first-order valence-electron chi connectivity index (χ1n) is 10.1. The van der Waals surface area contributed by atoms with Crippen LogP contribution in [0, 0.1) is 5.92 Å². The van der Waals surface area contributed by atoms with Crippen molar-refractivity contribution < 1.29 is 19.1 Å². The smallest absolute Gasteiger partial charge is 0.317 e. The molecule has 1 heterocycles. The predicted molar refractivity (Wildman–Crippen MR) is 115 cm³/mol. The van der Waals surface area contributed by atoms with E-state index in [1.807, 2.05) is 55.5 Å². The Kier molecular flexibility index (Phi) is 7.17. The summed E-state index contributed by atoms with van der Waals surface area (Å²) in [5, 5.41) is 5.86. The molecule has 3 rings (SSSR count). The number of rotatable bonds is 7. The zero-order valence-corrected chi connectivity index (χ0v) is 17.7. The van der Waals surface area contributed by atoms with Crippen molar-refractivity contribution in [1.82, 2.24) is 15.5 Å². The number of hydrogen-bond acceptors (Lipinski definition) is 4. The third-order valence-electron chi connectivity index (χ3n) is 5.42. The van der Waals surface area contributed by atoms with E-state index in [9.17, 15) is 9.59 Å². The predicted octanol–water partition coefficient (Wildman–Crippen LogP) is 2.77. The van der Waals surface area contributed by atoms with Crippen LogP contribution in [0.4, 0.5) is 4.79 Å². The van der Waals surface area contributed by atoms with E-state index < -0.39 is 0 Å². The first kappa shape index (κ1) is 21.5. The van der Waals surface area contributed by atoms with Gasteiger partial charge in [-0.25, -0.2) is 4.79 Å². The lowest BCUT2D eigenvalue weighted by Gasteiger charge is -2.21. The van der Waals surface area contributed by atoms with Crippen LogP contribution in [0.5, 0.6) is 11.5 Å². The van der Waals surface area contributed by atoms with E-state index in [0.29, 0.717) is 37.7 Å². The van der Waals surface area contributed by atoms with E-state index in [4.69, 9.17) is 9.47 Å². The van der Waals surface area contributed by atoms with Crippen LogP contribution in [0.1, 0.15) is 24.0 Å². The fourth-order valence-corrected chi connectivity index (χ4v) is 3.85. The van der Waals surface area contributed by atoms with Crippen LogP contribution in [0.3, 0.4) is 0 Å². The molecule has 0 radical (unpaired) electrons. The van der Waals surface area contributed by atoms with Crippen molar-refractivity contribution in [3.8, 4) is 11.5 Å². The van der Waals surface area contributed by atoms with Gasteiger partial charge in [0.25, 0.3) is 0 Å². The number of urea groups is 1. The molecule has 0 bridgehead atoms. The lowest BCUT2D eigenvalue weighted by molar-refractivity contribution is -0.125. The molecule has 2 unspecified atom stereocenters. The van der Waals surface area contributed by atoms with Crippen molar-refractivity contribution in [1.29, 1.82) is 0 Å². The van der Waals surface area contributed by atoms with Crippen molar-refractivity contribution in [3.63, 3.8) is 0 Å². The van der Waals surface area contributed by atoms with Gasteiger partial charge in [-0.2, -0.15) is 0 Å². The molecule has 2 aromatic rings. The van der Waals surface area contributed by atoms with Gasteiger partial charge in [-0.1, -0.05) is 36.4 Å².